The summed E-state index contributed by atoms with van der Waals surface area (Å²) in [6.07, 6.45) is 4.77. The normalized spacial score (nSPS) is 20.5. The van der Waals surface area contributed by atoms with Crippen LogP contribution in [0.25, 0.3) is 0 Å². The number of nitrogens with two attached hydrogens (primary N) is 1. The van der Waals surface area contributed by atoms with Gasteiger partial charge in [-0.3, -0.25) is 0 Å². The molecule has 0 saturated carbocycles. The highest BCUT2D eigenvalue weighted by atomic mass is 79.9. The fourth-order valence-corrected chi connectivity index (χ4v) is 3.10. The fourth-order valence-electron chi connectivity index (χ4n) is 2.54. The van der Waals surface area contributed by atoms with E-state index >= 15 is 0 Å². The van der Waals surface area contributed by atoms with E-state index < -0.39 is 0 Å². The van der Waals surface area contributed by atoms with Crippen LogP contribution in [0, 0.1) is 5.82 Å². The molecular formula is C14H20BrFN2O. The van der Waals surface area contributed by atoms with E-state index in [-0.39, 0.29) is 5.82 Å². The van der Waals surface area contributed by atoms with Crippen molar-refractivity contribution in [3.63, 3.8) is 0 Å². The molecule has 0 radical (unpaired) electrons. The van der Waals surface area contributed by atoms with Crippen LogP contribution in [0.2, 0.25) is 0 Å². The average Bonchev–Trinajstić information content (AvgIpc) is 2.34. The Bertz CT molecular complexity index is 418. The predicted molar refractivity (Wildman–Crippen MR) is 78.9 cm³/mol. The van der Waals surface area contributed by atoms with Gasteiger partial charge >= 0.3 is 0 Å². The maximum atomic E-state index is 13.1. The van der Waals surface area contributed by atoms with E-state index in [9.17, 15) is 4.39 Å². The van der Waals surface area contributed by atoms with Crippen LogP contribution >= 0.6 is 15.9 Å². The topological polar surface area (TPSA) is 38.5 Å². The lowest BCUT2D eigenvalue weighted by Gasteiger charge is -2.32. The summed E-state index contributed by atoms with van der Waals surface area (Å²) in [7, 11) is 2.16. The van der Waals surface area contributed by atoms with Gasteiger partial charge in [0.2, 0.25) is 0 Å². The number of halogens is 2. The third-order valence-electron chi connectivity index (χ3n) is 3.66. The number of nitrogen functional groups attached to an aromatic ring is 1. The zero-order valence-electron chi connectivity index (χ0n) is 11.2. The van der Waals surface area contributed by atoms with Crippen molar-refractivity contribution in [2.45, 2.75) is 31.7 Å². The lowest BCUT2D eigenvalue weighted by molar-refractivity contribution is 0.153. The molecule has 1 fully saturated rings. The van der Waals surface area contributed by atoms with Crippen molar-refractivity contribution in [3.05, 3.63) is 22.4 Å². The highest BCUT2D eigenvalue weighted by Crippen LogP contribution is 2.32. The summed E-state index contributed by atoms with van der Waals surface area (Å²) in [6, 6.07) is 3.24. The van der Waals surface area contributed by atoms with Crippen LogP contribution in [0.1, 0.15) is 25.7 Å². The van der Waals surface area contributed by atoms with Crippen molar-refractivity contribution in [1.82, 2.24) is 4.90 Å². The summed E-state index contributed by atoms with van der Waals surface area (Å²) >= 11 is 3.28. The van der Waals surface area contributed by atoms with Crippen molar-refractivity contribution in [2.24, 2.45) is 0 Å². The molecule has 0 aromatic heterocycles. The fraction of sp³-hybridized carbons (Fsp3) is 0.571. The lowest BCUT2D eigenvalue weighted by Crippen LogP contribution is -2.37. The number of ether oxygens (including phenoxy) is 1. The molecule has 3 nitrogen and oxygen atoms in total. The number of hydrogen-bond acceptors (Lipinski definition) is 3. The van der Waals surface area contributed by atoms with Gasteiger partial charge in [0.05, 0.1) is 16.8 Å². The molecule has 2 rings (SSSR count). The molecule has 0 bridgehead atoms. The molecule has 106 valence electrons. The molecule has 1 aliphatic heterocycles. The van der Waals surface area contributed by atoms with E-state index in [4.69, 9.17) is 10.5 Å². The third kappa shape index (κ3) is 3.83. The van der Waals surface area contributed by atoms with Crippen LogP contribution in [0.3, 0.4) is 0 Å². The summed E-state index contributed by atoms with van der Waals surface area (Å²) < 4.78 is 19.4. The minimum Gasteiger partial charge on any atom is -0.490 e. The molecule has 0 amide bonds. The Morgan fingerprint density at radius 1 is 1.47 bits per heavy atom. The molecule has 0 aliphatic carbocycles. The molecule has 0 spiro atoms. The maximum Gasteiger partial charge on any atom is 0.156 e. The molecule has 2 N–H and O–H groups in total. The average molecular weight is 331 g/mol. The van der Waals surface area contributed by atoms with E-state index in [1.807, 2.05) is 0 Å². The Morgan fingerprint density at radius 3 is 2.95 bits per heavy atom. The van der Waals surface area contributed by atoms with E-state index in [0.717, 1.165) is 13.0 Å². The van der Waals surface area contributed by atoms with E-state index in [1.165, 1.54) is 31.4 Å². The first-order valence-electron chi connectivity index (χ1n) is 6.65. The molecule has 19 heavy (non-hydrogen) atoms. The summed E-state index contributed by atoms with van der Waals surface area (Å²) in [5.41, 5.74) is 6.10. The Labute approximate surface area is 122 Å². The minimum atomic E-state index is -0.358. The third-order valence-corrected chi connectivity index (χ3v) is 4.25. The SMILES string of the molecule is CN1CCCCC1CCOc1c(N)cc(F)cc1Br. The largest absolute Gasteiger partial charge is 0.490 e. The number of hydrogen-bond donors (Lipinski definition) is 1. The van der Waals surface area contributed by atoms with Crippen LogP contribution in [-0.4, -0.2) is 31.1 Å². The number of piperidine rings is 1. The maximum absolute atomic E-state index is 13.1. The van der Waals surface area contributed by atoms with Crippen LogP contribution in [0.15, 0.2) is 16.6 Å². The monoisotopic (exact) mass is 330 g/mol. The number of rotatable bonds is 4. The van der Waals surface area contributed by atoms with Crippen molar-refractivity contribution in [3.8, 4) is 5.75 Å². The lowest BCUT2D eigenvalue weighted by atomic mass is 10.0. The van der Waals surface area contributed by atoms with Crippen molar-refractivity contribution in [2.75, 3.05) is 25.9 Å². The van der Waals surface area contributed by atoms with Gasteiger partial charge in [-0.2, -0.15) is 0 Å². The first-order chi connectivity index (χ1) is 9.08. The summed E-state index contributed by atoms with van der Waals surface area (Å²) in [4.78, 5) is 2.38. The smallest absolute Gasteiger partial charge is 0.156 e. The van der Waals surface area contributed by atoms with Gasteiger partial charge in [0, 0.05) is 12.1 Å². The van der Waals surface area contributed by atoms with Gasteiger partial charge < -0.3 is 15.4 Å². The molecule has 1 heterocycles. The predicted octanol–water partition coefficient (Wildman–Crippen LogP) is 3.42. The van der Waals surface area contributed by atoms with E-state index in [0.29, 0.717) is 28.6 Å². The highest BCUT2D eigenvalue weighted by Gasteiger charge is 2.19. The van der Waals surface area contributed by atoms with Gasteiger partial charge in [0.1, 0.15) is 5.82 Å². The zero-order chi connectivity index (χ0) is 13.8. The first-order valence-corrected chi connectivity index (χ1v) is 7.45. The highest BCUT2D eigenvalue weighted by molar-refractivity contribution is 9.10. The number of benzene rings is 1. The molecule has 1 aliphatic rings. The van der Waals surface area contributed by atoms with Crippen molar-refractivity contribution in [1.29, 1.82) is 0 Å². The van der Waals surface area contributed by atoms with E-state index in [1.54, 1.807) is 0 Å². The Balaban J connectivity index is 1.89. The van der Waals surface area contributed by atoms with Gasteiger partial charge in [0.25, 0.3) is 0 Å². The molecule has 1 atom stereocenters. The minimum absolute atomic E-state index is 0.337. The van der Waals surface area contributed by atoms with Crippen molar-refractivity contribution >= 4 is 21.6 Å². The summed E-state index contributed by atoms with van der Waals surface area (Å²) in [5.74, 6) is 0.184. The van der Waals surface area contributed by atoms with Gasteiger partial charge in [0.15, 0.2) is 5.75 Å². The number of anilines is 1. The molecule has 1 aromatic rings. The van der Waals surface area contributed by atoms with Crippen LogP contribution in [0.5, 0.6) is 5.75 Å². The first kappa shape index (κ1) is 14.6. The molecule has 1 saturated heterocycles. The van der Waals surface area contributed by atoms with Gasteiger partial charge in [-0.05, 0) is 54.9 Å². The van der Waals surface area contributed by atoms with Gasteiger partial charge in [-0.25, -0.2) is 4.39 Å². The zero-order valence-corrected chi connectivity index (χ0v) is 12.7. The summed E-state index contributed by atoms with van der Waals surface area (Å²) in [6.45, 7) is 1.76. The van der Waals surface area contributed by atoms with Crippen molar-refractivity contribution < 1.29 is 9.13 Å². The second kappa shape index (κ2) is 6.57. The molecular weight excluding hydrogens is 311 g/mol. The van der Waals surface area contributed by atoms with E-state index in [2.05, 4.69) is 27.9 Å². The summed E-state index contributed by atoms with van der Waals surface area (Å²) in [5, 5.41) is 0. The number of likely N-dealkylation sites (tertiary alicyclic amines) is 1. The Kier molecular flexibility index (Phi) is 5.05. The van der Waals surface area contributed by atoms with Gasteiger partial charge in [-0.1, -0.05) is 6.42 Å². The quantitative estimate of drug-likeness (QED) is 0.859. The molecule has 1 unspecified atom stereocenters. The van der Waals surface area contributed by atoms with Crippen LogP contribution in [-0.2, 0) is 0 Å². The standard InChI is InChI=1S/C14H20BrFN2O/c1-18-6-3-2-4-11(18)5-7-19-14-12(15)8-10(16)9-13(14)17/h8-9,11H,2-7,17H2,1H3. The van der Waals surface area contributed by atoms with Gasteiger partial charge in [-0.15, -0.1) is 0 Å². The number of nitrogens with zero attached hydrogens (tertiary/aromatic N) is 1. The second-order valence-electron chi connectivity index (χ2n) is 5.07. The second-order valence-corrected chi connectivity index (χ2v) is 5.93. The Hall–Kier alpha value is -0.810. The molecule has 1 aromatic carbocycles. The van der Waals surface area contributed by atoms with Crippen LogP contribution < -0.4 is 10.5 Å². The van der Waals surface area contributed by atoms with Crippen LogP contribution in [0.4, 0.5) is 10.1 Å². The Morgan fingerprint density at radius 2 is 2.26 bits per heavy atom. The molecule has 5 heteroatoms.